The van der Waals surface area contributed by atoms with E-state index in [4.69, 9.17) is 4.18 Å². The first-order valence-corrected chi connectivity index (χ1v) is 11.3. The molecule has 1 aliphatic heterocycles. The van der Waals surface area contributed by atoms with Crippen molar-refractivity contribution in [1.29, 1.82) is 0 Å². The van der Waals surface area contributed by atoms with Crippen LogP contribution >= 0.6 is 0 Å². The lowest BCUT2D eigenvalue weighted by Crippen LogP contribution is -2.49. The summed E-state index contributed by atoms with van der Waals surface area (Å²) in [6, 6.07) is 11.2. The summed E-state index contributed by atoms with van der Waals surface area (Å²) in [4.78, 5) is 17.0. The fourth-order valence-corrected chi connectivity index (χ4v) is 4.73. The molecule has 168 valence electrons. The molecular formula is C21H22N4O6S. The van der Waals surface area contributed by atoms with Gasteiger partial charge in [0.05, 0.1) is 10.3 Å². The standard InChI is InChI=1S/C21H22N4O6S/c1-15-4-6-17(7-5-15)31-32(29,30)24-11-9-23(10-12-24)14-16-13-19(25(27)28)18-3-2-8-22-20(18)21(16)26/h2-8,13,26H,9-12,14H2,1H3. The number of piperazine rings is 1. The Kier molecular flexibility index (Phi) is 5.96. The first-order valence-electron chi connectivity index (χ1n) is 9.97. The summed E-state index contributed by atoms with van der Waals surface area (Å²) in [7, 11) is -3.94. The number of nitro benzene ring substituents is 1. The van der Waals surface area contributed by atoms with E-state index in [2.05, 4.69) is 4.98 Å². The number of nitro groups is 1. The zero-order valence-electron chi connectivity index (χ0n) is 17.3. The van der Waals surface area contributed by atoms with Gasteiger partial charge in [-0.2, -0.15) is 12.7 Å². The van der Waals surface area contributed by atoms with Gasteiger partial charge in [0.1, 0.15) is 17.0 Å². The number of aryl methyl sites for hydroxylation is 1. The lowest BCUT2D eigenvalue weighted by atomic mass is 10.1. The van der Waals surface area contributed by atoms with Crippen LogP contribution in [0.5, 0.6) is 11.5 Å². The number of aromatic nitrogens is 1. The van der Waals surface area contributed by atoms with Crippen molar-refractivity contribution in [3.05, 3.63) is 69.9 Å². The van der Waals surface area contributed by atoms with E-state index in [1.807, 2.05) is 11.8 Å². The highest BCUT2D eigenvalue weighted by Crippen LogP contribution is 2.35. The minimum Gasteiger partial charge on any atom is -0.505 e. The van der Waals surface area contributed by atoms with Crippen LogP contribution in [0.25, 0.3) is 10.9 Å². The molecule has 0 atom stereocenters. The van der Waals surface area contributed by atoms with Crippen LogP contribution < -0.4 is 4.18 Å². The van der Waals surface area contributed by atoms with Crippen LogP contribution in [0.3, 0.4) is 0 Å². The van der Waals surface area contributed by atoms with Gasteiger partial charge in [-0.05, 0) is 31.2 Å². The van der Waals surface area contributed by atoms with Crippen LogP contribution in [-0.4, -0.2) is 58.8 Å². The molecule has 1 saturated heterocycles. The van der Waals surface area contributed by atoms with Gasteiger partial charge in [-0.25, -0.2) is 0 Å². The van der Waals surface area contributed by atoms with E-state index in [9.17, 15) is 23.6 Å². The molecule has 0 bridgehead atoms. The summed E-state index contributed by atoms with van der Waals surface area (Å²) in [6.07, 6.45) is 1.47. The number of aromatic hydroxyl groups is 1. The highest BCUT2D eigenvalue weighted by Gasteiger charge is 2.29. The van der Waals surface area contributed by atoms with Gasteiger partial charge in [-0.1, -0.05) is 17.7 Å². The third kappa shape index (κ3) is 4.49. The molecular weight excluding hydrogens is 436 g/mol. The average molecular weight is 458 g/mol. The molecule has 11 heteroatoms. The topological polar surface area (TPSA) is 126 Å². The number of phenols is 1. The molecule has 2 aromatic carbocycles. The Labute approximate surface area is 185 Å². The number of fused-ring (bicyclic) bond motifs is 1. The molecule has 1 N–H and O–H groups in total. The third-order valence-electron chi connectivity index (χ3n) is 5.38. The van der Waals surface area contributed by atoms with Gasteiger partial charge in [0.15, 0.2) is 0 Å². The molecule has 1 aromatic heterocycles. The lowest BCUT2D eigenvalue weighted by Gasteiger charge is -2.33. The Bertz CT molecular complexity index is 1260. The van der Waals surface area contributed by atoms with Crippen LogP contribution in [0.4, 0.5) is 5.69 Å². The van der Waals surface area contributed by atoms with E-state index in [0.717, 1.165) is 5.56 Å². The highest BCUT2D eigenvalue weighted by molar-refractivity contribution is 7.84. The Morgan fingerprint density at radius 3 is 2.50 bits per heavy atom. The van der Waals surface area contributed by atoms with Crippen LogP contribution in [0.15, 0.2) is 48.7 Å². The molecule has 0 spiro atoms. The highest BCUT2D eigenvalue weighted by atomic mass is 32.2. The second kappa shape index (κ2) is 8.69. The van der Waals surface area contributed by atoms with Crippen LogP contribution in [0.2, 0.25) is 0 Å². The maximum Gasteiger partial charge on any atom is 0.385 e. The Morgan fingerprint density at radius 2 is 1.84 bits per heavy atom. The van der Waals surface area contributed by atoms with E-state index in [0.29, 0.717) is 18.7 Å². The van der Waals surface area contributed by atoms with Crippen molar-refractivity contribution in [3.8, 4) is 11.5 Å². The van der Waals surface area contributed by atoms with Crippen molar-refractivity contribution in [2.24, 2.45) is 0 Å². The van der Waals surface area contributed by atoms with Crippen LogP contribution in [0, 0.1) is 17.0 Å². The van der Waals surface area contributed by atoms with E-state index < -0.39 is 15.2 Å². The fourth-order valence-electron chi connectivity index (χ4n) is 3.66. The number of benzene rings is 2. The van der Waals surface area contributed by atoms with Crippen molar-refractivity contribution in [2.75, 3.05) is 26.2 Å². The molecule has 1 aliphatic rings. The fraction of sp³-hybridized carbons (Fsp3) is 0.286. The minimum atomic E-state index is -3.94. The van der Waals surface area contributed by atoms with Gasteiger partial charge in [0.25, 0.3) is 5.69 Å². The maximum absolute atomic E-state index is 12.6. The smallest absolute Gasteiger partial charge is 0.385 e. The molecule has 0 unspecified atom stereocenters. The van der Waals surface area contributed by atoms with Crippen molar-refractivity contribution in [1.82, 2.24) is 14.2 Å². The number of phenolic OH excluding ortho intramolecular Hbond substituents is 1. The summed E-state index contributed by atoms with van der Waals surface area (Å²) in [6.45, 7) is 3.28. The van der Waals surface area contributed by atoms with E-state index >= 15 is 0 Å². The summed E-state index contributed by atoms with van der Waals surface area (Å²) < 4.78 is 31.6. The molecule has 4 rings (SSSR count). The van der Waals surface area contributed by atoms with Gasteiger partial charge >= 0.3 is 10.3 Å². The number of rotatable bonds is 6. The van der Waals surface area contributed by atoms with Gasteiger partial charge in [0.2, 0.25) is 0 Å². The molecule has 0 radical (unpaired) electrons. The van der Waals surface area contributed by atoms with E-state index in [-0.39, 0.29) is 47.7 Å². The summed E-state index contributed by atoms with van der Waals surface area (Å²) >= 11 is 0. The number of nitrogens with zero attached hydrogens (tertiary/aromatic N) is 4. The van der Waals surface area contributed by atoms with Gasteiger partial charge < -0.3 is 9.29 Å². The molecule has 3 aromatic rings. The van der Waals surface area contributed by atoms with Gasteiger partial charge in [-0.15, -0.1) is 0 Å². The van der Waals surface area contributed by atoms with Gasteiger partial charge in [0, 0.05) is 50.6 Å². The van der Waals surface area contributed by atoms with Crippen molar-refractivity contribution < 1.29 is 22.6 Å². The quantitative estimate of drug-likeness (QED) is 0.441. The van der Waals surface area contributed by atoms with Gasteiger partial charge in [-0.3, -0.25) is 20.0 Å². The van der Waals surface area contributed by atoms with E-state index in [1.165, 1.54) is 16.6 Å². The number of non-ortho nitro benzene ring substituents is 1. The zero-order chi connectivity index (χ0) is 22.9. The molecule has 0 saturated carbocycles. The third-order valence-corrected chi connectivity index (χ3v) is 6.78. The first kappa shape index (κ1) is 21.9. The molecule has 2 heterocycles. The van der Waals surface area contributed by atoms with E-state index in [1.54, 1.807) is 36.4 Å². The first-order chi connectivity index (χ1) is 15.2. The number of pyridine rings is 1. The van der Waals surface area contributed by atoms with Crippen molar-refractivity contribution >= 4 is 26.9 Å². The van der Waals surface area contributed by atoms with Crippen LogP contribution in [-0.2, 0) is 16.8 Å². The number of hydrogen-bond donors (Lipinski definition) is 1. The SMILES string of the molecule is Cc1ccc(OS(=O)(=O)N2CCN(Cc3cc([N+](=O)[O-])c4cccnc4c3O)CC2)cc1. The zero-order valence-corrected chi connectivity index (χ0v) is 18.2. The molecule has 1 fully saturated rings. The molecule has 0 aliphatic carbocycles. The largest absolute Gasteiger partial charge is 0.505 e. The lowest BCUT2D eigenvalue weighted by molar-refractivity contribution is -0.383. The monoisotopic (exact) mass is 458 g/mol. The van der Waals surface area contributed by atoms with Crippen molar-refractivity contribution in [3.63, 3.8) is 0 Å². The second-order valence-corrected chi connectivity index (χ2v) is 9.13. The Hall–Kier alpha value is -3.28. The predicted molar refractivity (Wildman–Crippen MR) is 118 cm³/mol. The predicted octanol–water partition coefficient (Wildman–Crippen LogP) is 2.60. The minimum absolute atomic E-state index is 0.107. The molecule has 0 amide bonds. The summed E-state index contributed by atoms with van der Waals surface area (Å²) in [5, 5.41) is 22.4. The maximum atomic E-state index is 12.6. The summed E-state index contributed by atoms with van der Waals surface area (Å²) in [5.74, 6) is 0.142. The number of hydrogen-bond acceptors (Lipinski definition) is 8. The molecule has 32 heavy (non-hydrogen) atoms. The Balaban J connectivity index is 1.46. The van der Waals surface area contributed by atoms with Crippen molar-refractivity contribution in [2.45, 2.75) is 13.5 Å². The van der Waals surface area contributed by atoms with Crippen LogP contribution in [0.1, 0.15) is 11.1 Å². The second-order valence-electron chi connectivity index (χ2n) is 7.59. The average Bonchev–Trinajstić information content (AvgIpc) is 2.77. The molecule has 10 nitrogen and oxygen atoms in total. The normalized spacial score (nSPS) is 15.7. The Morgan fingerprint density at radius 1 is 1.16 bits per heavy atom. The summed E-state index contributed by atoms with van der Waals surface area (Å²) in [5.41, 5.74) is 1.41.